The SMILES string of the molecule is N#CC1=CN(c2ccccc2)c2ccccc2S1(=O)=O. The van der Waals surface area contributed by atoms with E-state index in [2.05, 4.69) is 0 Å². The molecule has 4 nitrogen and oxygen atoms in total. The highest BCUT2D eigenvalue weighted by atomic mass is 32.2. The summed E-state index contributed by atoms with van der Waals surface area (Å²) in [5, 5.41) is 9.09. The minimum Gasteiger partial charge on any atom is -0.314 e. The van der Waals surface area contributed by atoms with E-state index in [9.17, 15) is 8.42 Å². The average Bonchev–Trinajstić information content (AvgIpc) is 2.48. The van der Waals surface area contributed by atoms with Gasteiger partial charge in [0.25, 0.3) is 0 Å². The Morgan fingerprint density at radius 1 is 0.950 bits per heavy atom. The highest BCUT2D eigenvalue weighted by molar-refractivity contribution is 7.95. The molecule has 0 bridgehead atoms. The van der Waals surface area contributed by atoms with Crippen LogP contribution in [0.2, 0.25) is 0 Å². The summed E-state index contributed by atoms with van der Waals surface area (Å²) in [4.78, 5) is 1.62. The lowest BCUT2D eigenvalue weighted by atomic mass is 10.2. The van der Waals surface area contributed by atoms with Crippen molar-refractivity contribution in [1.29, 1.82) is 5.26 Å². The van der Waals surface area contributed by atoms with Crippen LogP contribution >= 0.6 is 0 Å². The molecule has 0 N–H and O–H groups in total. The summed E-state index contributed by atoms with van der Waals surface area (Å²) in [5.74, 6) is 0. The van der Waals surface area contributed by atoms with E-state index >= 15 is 0 Å². The van der Waals surface area contributed by atoms with Crippen molar-refractivity contribution in [2.45, 2.75) is 4.90 Å². The zero-order chi connectivity index (χ0) is 14.2. The largest absolute Gasteiger partial charge is 0.314 e. The number of allylic oxidation sites excluding steroid dienone is 1. The second-order valence-electron chi connectivity index (χ2n) is 4.28. The molecule has 3 rings (SSSR count). The fraction of sp³-hybridized carbons (Fsp3) is 0. The fourth-order valence-corrected chi connectivity index (χ4v) is 3.45. The van der Waals surface area contributed by atoms with Crippen LogP contribution in [0, 0.1) is 11.3 Å². The monoisotopic (exact) mass is 282 g/mol. The second-order valence-corrected chi connectivity index (χ2v) is 6.17. The molecule has 2 aromatic carbocycles. The van der Waals surface area contributed by atoms with Gasteiger partial charge in [-0.05, 0) is 24.3 Å². The summed E-state index contributed by atoms with van der Waals surface area (Å²) in [6.07, 6.45) is 1.37. The van der Waals surface area contributed by atoms with Crippen LogP contribution in [0.5, 0.6) is 0 Å². The standard InChI is InChI=1S/C15H10N2O2S/c16-10-13-11-17(12-6-2-1-3-7-12)14-8-4-5-9-15(14)20(13,18)19/h1-9,11H. The highest BCUT2D eigenvalue weighted by Gasteiger charge is 2.31. The Balaban J connectivity index is 2.30. The van der Waals surface area contributed by atoms with E-state index < -0.39 is 9.84 Å². The normalized spacial score (nSPS) is 15.9. The number of nitrogens with zero attached hydrogens (tertiary/aromatic N) is 2. The third kappa shape index (κ3) is 1.78. The molecule has 2 aromatic rings. The van der Waals surface area contributed by atoms with Gasteiger partial charge >= 0.3 is 0 Å². The lowest BCUT2D eigenvalue weighted by Crippen LogP contribution is -2.21. The molecule has 0 radical (unpaired) electrons. The molecule has 5 heteroatoms. The first kappa shape index (κ1) is 12.5. The van der Waals surface area contributed by atoms with E-state index in [0.29, 0.717) is 5.69 Å². The van der Waals surface area contributed by atoms with Crippen molar-refractivity contribution < 1.29 is 8.42 Å². The van der Waals surface area contributed by atoms with Gasteiger partial charge in [0.2, 0.25) is 9.84 Å². The summed E-state index contributed by atoms with van der Waals surface area (Å²) < 4.78 is 24.6. The molecule has 1 heterocycles. The zero-order valence-electron chi connectivity index (χ0n) is 10.4. The molecule has 0 aliphatic carbocycles. The molecule has 0 aromatic heterocycles. The van der Waals surface area contributed by atoms with Gasteiger partial charge in [-0.3, -0.25) is 0 Å². The van der Waals surface area contributed by atoms with Crippen LogP contribution < -0.4 is 4.90 Å². The van der Waals surface area contributed by atoms with Crippen molar-refractivity contribution in [3.8, 4) is 6.07 Å². The highest BCUT2D eigenvalue weighted by Crippen LogP contribution is 2.38. The first-order valence-corrected chi connectivity index (χ1v) is 7.43. The molecular weight excluding hydrogens is 272 g/mol. The van der Waals surface area contributed by atoms with E-state index in [-0.39, 0.29) is 9.80 Å². The quantitative estimate of drug-likeness (QED) is 0.806. The minimum atomic E-state index is -3.72. The Morgan fingerprint density at radius 2 is 1.60 bits per heavy atom. The second kappa shape index (κ2) is 4.51. The molecule has 0 unspecified atom stereocenters. The van der Waals surface area contributed by atoms with Gasteiger partial charge in [0.1, 0.15) is 6.07 Å². The van der Waals surface area contributed by atoms with Crippen molar-refractivity contribution >= 4 is 21.2 Å². The number of hydrogen-bond acceptors (Lipinski definition) is 4. The topological polar surface area (TPSA) is 61.2 Å². The van der Waals surface area contributed by atoms with Crippen LogP contribution in [0.15, 0.2) is 70.6 Å². The van der Waals surface area contributed by atoms with Crippen LogP contribution in [0.4, 0.5) is 11.4 Å². The minimum absolute atomic E-state index is 0.155. The third-order valence-corrected chi connectivity index (χ3v) is 4.79. The van der Waals surface area contributed by atoms with Crippen molar-refractivity contribution in [1.82, 2.24) is 0 Å². The van der Waals surface area contributed by atoms with Gasteiger partial charge in [0.15, 0.2) is 4.91 Å². The van der Waals surface area contributed by atoms with Crippen molar-refractivity contribution in [2.24, 2.45) is 0 Å². The Bertz CT molecular complexity index is 834. The molecule has 1 aliphatic heterocycles. The lowest BCUT2D eigenvalue weighted by Gasteiger charge is -2.27. The zero-order valence-corrected chi connectivity index (χ0v) is 11.2. The number of anilines is 2. The third-order valence-electron chi connectivity index (χ3n) is 3.09. The Morgan fingerprint density at radius 3 is 2.30 bits per heavy atom. The van der Waals surface area contributed by atoms with E-state index in [1.807, 2.05) is 30.3 Å². The number of benzene rings is 2. The summed E-state index contributed by atoms with van der Waals surface area (Å²) in [5.41, 5.74) is 1.36. The molecule has 0 fully saturated rings. The maximum atomic E-state index is 12.3. The number of rotatable bonds is 1. The molecule has 0 saturated carbocycles. The van der Waals surface area contributed by atoms with Gasteiger partial charge < -0.3 is 4.90 Å². The van der Waals surface area contributed by atoms with Crippen molar-refractivity contribution in [3.05, 3.63) is 65.7 Å². The molecule has 0 amide bonds. The number of fused-ring (bicyclic) bond motifs is 1. The van der Waals surface area contributed by atoms with Crippen LogP contribution in [0.1, 0.15) is 0 Å². The molecule has 20 heavy (non-hydrogen) atoms. The van der Waals surface area contributed by atoms with Crippen LogP contribution in [-0.4, -0.2) is 8.42 Å². The number of para-hydroxylation sites is 2. The molecule has 0 saturated heterocycles. The van der Waals surface area contributed by atoms with Gasteiger partial charge in [0.05, 0.1) is 10.6 Å². The van der Waals surface area contributed by atoms with Gasteiger partial charge in [-0.25, -0.2) is 8.42 Å². The number of sulfone groups is 1. The van der Waals surface area contributed by atoms with Crippen LogP contribution in [0.3, 0.4) is 0 Å². The number of nitriles is 1. The Hall–Kier alpha value is -2.58. The van der Waals surface area contributed by atoms with E-state index in [1.165, 1.54) is 12.3 Å². The molecule has 1 aliphatic rings. The number of hydrogen-bond donors (Lipinski definition) is 0. The van der Waals surface area contributed by atoms with Crippen LogP contribution in [-0.2, 0) is 9.84 Å². The van der Waals surface area contributed by atoms with Gasteiger partial charge in [-0.2, -0.15) is 5.26 Å². The summed E-state index contributed by atoms with van der Waals surface area (Å²) in [6, 6.07) is 17.8. The first-order valence-electron chi connectivity index (χ1n) is 5.95. The average molecular weight is 282 g/mol. The van der Waals surface area contributed by atoms with E-state index in [0.717, 1.165) is 5.69 Å². The molecule has 0 atom stereocenters. The van der Waals surface area contributed by atoms with Crippen molar-refractivity contribution in [3.63, 3.8) is 0 Å². The maximum absolute atomic E-state index is 12.3. The maximum Gasteiger partial charge on any atom is 0.220 e. The Labute approximate surface area is 117 Å². The summed E-state index contributed by atoms with van der Waals surface area (Å²) in [7, 11) is -3.72. The predicted molar refractivity (Wildman–Crippen MR) is 75.9 cm³/mol. The molecular formula is C15H10N2O2S. The van der Waals surface area contributed by atoms with Gasteiger partial charge in [-0.15, -0.1) is 0 Å². The molecule has 0 spiro atoms. The van der Waals surface area contributed by atoms with Gasteiger partial charge in [-0.1, -0.05) is 30.3 Å². The lowest BCUT2D eigenvalue weighted by molar-refractivity contribution is 0.602. The van der Waals surface area contributed by atoms with Crippen molar-refractivity contribution in [2.75, 3.05) is 4.90 Å². The van der Waals surface area contributed by atoms with E-state index in [1.54, 1.807) is 29.2 Å². The fourth-order valence-electron chi connectivity index (χ4n) is 2.15. The molecule has 98 valence electrons. The summed E-state index contributed by atoms with van der Waals surface area (Å²) >= 11 is 0. The van der Waals surface area contributed by atoms with Gasteiger partial charge in [0, 0.05) is 11.9 Å². The predicted octanol–water partition coefficient (Wildman–Crippen LogP) is 2.98. The first-order chi connectivity index (χ1) is 9.64. The summed E-state index contributed by atoms with van der Waals surface area (Å²) in [6.45, 7) is 0. The smallest absolute Gasteiger partial charge is 0.220 e. The van der Waals surface area contributed by atoms with E-state index in [4.69, 9.17) is 5.26 Å². The Kier molecular flexibility index (Phi) is 2.81. The van der Waals surface area contributed by atoms with Crippen LogP contribution in [0.25, 0.3) is 0 Å².